The summed E-state index contributed by atoms with van der Waals surface area (Å²) in [7, 11) is 3.48. The Balaban J connectivity index is 1.77. The van der Waals surface area contributed by atoms with Crippen LogP contribution in [-0.2, 0) is 17.3 Å². The SMILES string of the molecule is COc1cc2ncnc(-c3cn(C)nc3-c3ccccc3)c2cc1C1(C(N)=O)CC1. The molecule has 2 N–H and O–H groups in total. The lowest BCUT2D eigenvalue weighted by Crippen LogP contribution is -2.28. The number of ether oxygens (including phenoxy) is 1. The van der Waals surface area contributed by atoms with Crippen LogP contribution in [0.1, 0.15) is 18.4 Å². The molecule has 0 aliphatic heterocycles. The molecular formula is C23H21N5O2. The molecule has 0 unspecified atom stereocenters. The molecule has 2 heterocycles. The summed E-state index contributed by atoms with van der Waals surface area (Å²) in [5.41, 5.74) is 10.1. The highest BCUT2D eigenvalue weighted by atomic mass is 16.5. The van der Waals surface area contributed by atoms with Crippen molar-refractivity contribution in [3.63, 3.8) is 0 Å². The highest BCUT2D eigenvalue weighted by Crippen LogP contribution is 2.52. The maximum Gasteiger partial charge on any atom is 0.228 e. The number of methoxy groups -OCH3 is 1. The van der Waals surface area contributed by atoms with Crippen molar-refractivity contribution in [1.82, 2.24) is 19.7 Å². The number of nitrogens with two attached hydrogens (primary N) is 1. The molecule has 1 aliphatic rings. The molecule has 0 bridgehead atoms. The van der Waals surface area contributed by atoms with Crippen LogP contribution in [-0.4, -0.2) is 32.8 Å². The number of amides is 1. The zero-order valence-corrected chi connectivity index (χ0v) is 16.8. The first-order chi connectivity index (χ1) is 14.5. The fourth-order valence-corrected chi connectivity index (χ4v) is 4.09. The Kier molecular flexibility index (Phi) is 4.06. The third kappa shape index (κ3) is 2.74. The Hall–Kier alpha value is -3.74. The second-order valence-electron chi connectivity index (χ2n) is 7.67. The average molecular weight is 399 g/mol. The number of benzene rings is 2. The van der Waals surface area contributed by atoms with Gasteiger partial charge in [-0.3, -0.25) is 9.48 Å². The molecule has 0 spiro atoms. The van der Waals surface area contributed by atoms with Crippen LogP contribution in [0, 0.1) is 0 Å². The number of rotatable bonds is 5. The van der Waals surface area contributed by atoms with E-state index in [1.54, 1.807) is 18.1 Å². The fourth-order valence-electron chi connectivity index (χ4n) is 4.09. The number of hydrogen-bond donors (Lipinski definition) is 1. The Morgan fingerprint density at radius 1 is 1.13 bits per heavy atom. The molecule has 1 aliphatic carbocycles. The van der Waals surface area contributed by atoms with Crippen LogP contribution in [0.3, 0.4) is 0 Å². The van der Waals surface area contributed by atoms with Gasteiger partial charge in [-0.15, -0.1) is 0 Å². The molecule has 2 aromatic heterocycles. The summed E-state index contributed by atoms with van der Waals surface area (Å²) in [4.78, 5) is 21.2. The molecule has 5 rings (SSSR count). The number of primary amides is 1. The van der Waals surface area contributed by atoms with E-state index in [-0.39, 0.29) is 5.91 Å². The van der Waals surface area contributed by atoms with E-state index in [1.165, 1.54) is 0 Å². The van der Waals surface area contributed by atoms with Crippen LogP contribution in [0.5, 0.6) is 5.75 Å². The molecule has 2 aromatic carbocycles. The van der Waals surface area contributed by atoms with Gasteiger partial charge in [0.25, 0.3) is 0 Å². The minimum atomic E-state index is -0.677. The number of hydrogen-bond acceptors (Lipinski definition) is 5. The zero-order valence-electron chi connectivity index (χ0n) is 16.8. The second kappa shape index (κ2) is 6.66. The van der Waals surface area contributed by atoms with Crippen molar-refractivity contribution in [2.24, 2.45) is 12.8 Å². The largest absolute Gasteiger partial charge is 0.496 e. The lowest BCUT2D eigenvalue weighted by Gasteiger charge is -2.17. The number of aryl methyl sites for hydroxylation is 1. The molecule has 7 nitrogen and oxygen atoms in total. The van der Waals surface area contributed by atoms with Crippen molar-refractivity contribution >= 4 is 16.8 Å². The first kappa shape index (κ1) is 18.3. The standard InChI is InChI=1S/C23H21N5O2/c1-28-12-16(20(27-28)14-6-4-3-5-7-14)21-15-10-17(23(8-9-23)22(24)29)19(30-2)11-18(15)25-13-26-21/h3-7,10-13H,8-9H2,1-2H3,(H2,24,29). The van der Waals surface area contributed by atoms with Gasteiger partial charge in [-0.05, 0) is 18.9 Å². The van der Waals surface area contributed by atoms with E-state index in [4.69, 9.17) is 10.5 Å². The average Bonchev–Trinajstić information content (AvgIpc) is 3.49. The first-order valence-electron chi connectivity index (χ1n) is 9.76. The van der Waals surface area contributed by atoms with Crippen molar-refractivity contribution in [2.45, 2.75) is 18.3 Å². The number of nitrogens with zero attached hydrogens (tertiary/aromatic N) is 4. The van der Waals surface area contributed by atoms with Crippen LogP contribution >= 0.6 is 0 Å². The third-order valence-electron chi connectivity index (χ3n) is 5.82. The number of fused-ring (bicyclic) bond motifs is 1. The van der Waals surface area contributed by atoms with E-state index >= 15 is 0 Å². The van der Waals surface area contributed by atoms with Gasteiger partial charge < -0.3 is 10.5 Å². The lowest BCUT2D eigenvalue weighted by molar-refractivity contribution is -0.120. The van der Waals surface area contributed by atoms with E-state index < -0.39 is 5.41 Å². The highest BCUT2D eigenvalue weighted by molar-refractivity contribution is 5.99. The predicted octanol–water partition coefficient (Wildman–Crippen LogP) is 3.22. The molecule has 30 heavy (non-hydrogen) atoms. The van der Waals surface area contributed by atoms with E-state index in [0.29, 0.717) is 5.75 Å². The van der Waals surface area contributed by atoms with Crippen molar-refractivity contribution in [3.8, 4) is 28.3 Å². The topological polar surface area (TPSA) is 95.9 Å². The lowest BCUT2D eigenvalue weighted by atomic mass is 9.91. The van der Waals surface area contributed by atoms with Crippen molar-refractivity contribution in [2.75, 3.05) is 7.11 Å². The molecule has 1 fully saturated rings. The van der Waals surface area contributed by atoms with Gasteiger partial charge in [0.05, 0.1) is 23.7 Å². The van der Waals surface area contributed by atoms with E-state index in [0.717, 1.165) is 51.8 Å². The van der Waals surface area contributed by atoms with Crippen LogP contribution in [0.15, 0.2) is 55.0 Å². The van der Waals surface area contributed by atoms with Gasteiger partial charge in [-0.25, -0.2) is 9.97 Å². The smallest absolute Gasteiger partial charge is 0.228 e. The Labute approximate surface area is 173 Å². The predicted molar refractivity (Wildman–Crippen MR) is 114 cm³/mol. The Bertz CT molecular complexity index is 1280. The Morgan fingerprint density at radius 2 is 1.90 bits per heavy atom. The summed E-state index contributed by atoms with van der Waals surface area (Å²) in [6.07, 6.45) is 4.93. The monoisotopic (exact) mass is 399 g/mol. The van der Waals surface area contributed by atoms with Crippen LogP contribution in [0.2, 0.25) is 0 Å². The molecule has 150 valence electrons. The summed E-state index contributed by atoms with van der Waals surface area (Å²) in [5.74, 6) is 0.294. The molecule has 1 saturated carbocycles. The zero-order chi connectivity index (χ0) is 20.9. The fraction of sp³-hybridized carbons (Fsp3) is 0.217. The normalized spacial score (nSPS) is 14.6. The van der Waals surface area contributed by atoms with Gasteiger partial charge in [0, 0.05) is 41.4 Å². The van der Waals surface area contributed by atoms with Gasteiger partial charge in [-0.2, -0.15) is 5.10 Å². The van der Waals surface area contributed by atoms with Gasteiger partial charge in [0.2, 0.25) is 5.91 Å². The summed E-state index contributed by atoms with van der Waals surface area (Å²) in [5, 5.41) is 5.51. The maximum atomic E-state index is 12.2. The molecule has 0 atom stereocenters. The quantitative estimate of drug-likeness (QED) is 0.556. The molecule has 0 saturated heterocycles. The van der Waals surface area contributed by atoms with Crippen molar-refractivity contribution < 1.29 is 9.53 Å². The van der Waals surface area contributed by atoms with Gasteiger partial charge in [-0.1, -0.05) is 30.3 Å². The summed E-state index contributed by atoms with van der Waals surface area (Å²) < 4.78 is 7.37. The first-order valence-corrected chi connectivity index (χ1v) is 9.76. The molecule has 1 amide bonds. The summed E-state index contributed by atoms with van der Waals surface area (Å²) in [6.45, 7) is 0. The van der Waals surface area contributed by atoms with Crippen LogP contribution in [0.25, 0.3) is 33.4 Å². The number of aromatic nitrogens is 4. The molecular weight excluding hydrogens is 378 g/mol. The van der Waals surface area contributed by atoms with Crippen molar-refractivity contribution in [1.29, 1.82) is 0 Å². The highest BCUT2D eigenvalue weighted by Gasteiger charge is 2.52. The van der Waals surface area contributed by atoms with Crippen LogP contribution < -0.4 is 10.5 Å². The second-order valence-corrected chi connectivity index (χ2v) is 7.67. The van der Waals surface area contributed by atoms with E-state index in [2.05, 4.69) is 15.1 Å². The van der Waals surface area contributed by atoms with Gasteiger partial charge >= 0.3 is 0 Å². The minimum Gasteiger partial charge on any atom is -0.496 e. The number of carbonyl (C=O) groups excluding carboxylic acids is 1. The van der Waals surface area contributed by atoms with Gasteiger partial charge in [0.1, 0.15) is 17.8 Å². The Morgan fingerprint density at radius 3 is 2.57 bits per heavy atom. The molecule has 4 aromatic rings. The number of carbonyl (C=O) groups is 1. The van der Waals surface area contributed by atoms with E-state index in [9.17, 15) is 4.79 Å². The van der Waals surface area contributed by atoms with Gasteiger partial charge in [0.15, 0.2) is 0 Å². The summed E-state index contributed by atoms with van der Waals surface area (Å²) >= 11 is 0. The third-order valence-corrected chi connectivity index (χ3v) is 5.82. The summed E-state index contributed by atoms with van der Waals surface area (Å²) in [6, 6.07) is 13.8. The van der Waals surface area contributed by atoms with E-state index in [1.807, 2.05) is 55.7 Å². The van der Waals surface area contributed by atoms with Crippen LogP contribution in [0.4, 0.5) is 0 Å². The molecule has 0 radical (unpaired) electrons. The maximum absolute atomic E-state index is 12.2. The molecule has 7 heteroatoms. The minimum absolute atomic E-state index is 0.329. The van der Waals surface area contributed by atoms with Crippen molar-refractivity contribution in [3.05, 3.63) is 60.6 Å².